The lowest BCUT2D eigenvalue weighted by molar-refractivity contribution is -0.148. The summed E-state index contributed by atoms with van der Waals surface area (Å²) in [4.78, 5) is 54.3. The molecule has 3 atom stereocenters. The van der Waals surface area contributed by atoms with E-state index >= 15 is 0 Å². The van der Waals surface area contributed by atoms with E-state index in [9.17, 15) is 18.9 Å². The van der Waals surface area contributed by atoms with E-state index in [1.165, 1.54) is 10.8 Å². The first-order valence-electron chi connectivity index (χ1n) is 6.85. The SMILES string of the molecule is Cc1cn([C@H]2CC[C@@H](OC(C(=O)O)P(=O)(O)O)C2)c(=O)[nH]c1=O. The molecule has 1 aromatic rings. The quantitative estimate of drug-likeness (QED) is 0.520. The fourth-order valence-corrected chi connectivity index (χ4v) is 3.23. The number of aliphatic carboxylic acids is 1. The van der Waals surface area contributed by atoms with E-state index in [4.69, 9.17) is 19.6 Å². The second-order valence-corrected chi connectivity index (χ2v) is 7.13. The van der Waals surface area contributed by atoms with Crippen molar-refractivity contribution in [3.63, 3.8) is 0 Å². The van der Waals surface area contributed by atoms with Crippen molar-refractivity contribution in [3.05, 3.63) is 32.6 Å². The number of carbonyl (C=O) groups is 1. The fourth-order valence-electron chi connectivity index (χ4n) is 2.61. The van der Waals surface area contributed by atoms with E-state index in [1.807, 2.05) is 0 Å². The molecule has 1 fully saturated rings. The average Bonchev–Trinajstić information content (AvgIpc) is 2.87. The minimum atomic E-state index is -4.94. The highest BCUT2D eigenvalue weighted by atomic mass is 31.2. The van der Waals surface area contributed by atoms with Gasteiger partial charge in [0.15, 0.2) is 0 Å². The van der Waals surface area contributed by atoms with Crippen molar-refractivity contribution in [2.45, 2.75) is 44.2 Å². The Balaban J connectivity index is 2.14. The van der Waals surface area contributed by atoms with Crippen molar-refractivity contribution in [2.75, 3.05) is 0 Å². The van der Waals surface area contributed by atoms with Crippen LogP contribution < -0.4 is 11.2 Å². The number of aryl methyl sites for hydroxylation is 1. The highest BCUT2D eigenvalue weighted by Gasteiger charge is 2.41. The van der Waals surface area contributed by atoms with E-state index in [1.54, 1.807) is 6.92 Å². The van der Waals surface area contributed by atoms with Crippen molar-refractivity contribution in [2.24, 2.45) is 0 Å². The number of carboxylic acids is 1. The largest absolute Gasteiger partial charge is 0.479 e. The lowest BCUT2D eigenvalue weighted by Gasteiger charge is -2.20. The predicted octanol–water partition coefficient (Wildman–Crippen LogP) is -0.456. The smallest absolute Gasteiger partial charge is 0.365 e. The summed E-state index contributed by atoms with van der Waals surface area (Å²) in [7, 11) is -4.94. The summed E-state index contributed by atoms with van der Waals surface area (Å²) < 4.78 is 17.5. The third kappa shape index (κ3) is 3.97. The molecule has 11 heteroatoms. The molecule has 0 bridgehead atoms. The molecule has 0 amide bonds. The lowest BCUT2D eigenvalue weighted by Crippen LogP contribution is -2.33. The number of ether oxygens (including phenoxy) is 1. The van der Waals surface area contributed by atoms with Gasteiger partial charge < -0.3 is 19.6 Å². The molecule has 1 saturated carbocycles. The number of aromatic amines is 1. The lowest BCUT2D eigenvalue weighted by atomic mass is 10.2. The molecule has 0 aromatic carbocycles. The molecule has 128 valence electrons. The summed E-state index contributed by atoms with van der Waals surface area (Å²) in [5, 5.41) is 8.85. The Morgan fingerprint density at radius 3 is 2.65 bits per heavy atom. The van der Waals surface area contributed by atoms with Gasteiger partial charge in [0.25, 0.3) is 11.4 Å². The van der Waals surface area contributed by atoms with E-state index in [2.05, 4.69) is 4.98 Å². The van der Waals surface area contributed by atoms with Gasteiger partial charge in [-0.05, 0) is 26.2 Å². The van der Waals surface area contributed by atoms with Gasteiger partial charge in [-0.15, -0.1) is 0 Å². The Bertz CT molecular complexity index is 763. The maximum absolute atomic E-state index is 11.8. The topological polar surface area (TPSA) is 159 Å². The predicted molar refractivity (Wildman–Crippen MR) is 77.3 cm³/mol. The van der Waals surface area contributed by atoms with Crippen molar-refractivity contribution in [1.29, 1.82) is 0 Å². The highest BCUT2D eigenvalue weighted by molar-refractivity contribution is 7.53. The molecule has 0 spiro atoms. The van der Waals surface area contributed by atoms with Gasteiger partial charge in [-0.25, -0.2) is 9.59 Å². The Hall–Kier alpha value is -1.74. The molecule has 0 radical (unpaired) electrons. The Morgan fingerprint density at radius 1 is 1.43 bits per heavy atom. The zero-order chi connectivity index (χ0) is 17.4. The minimum absolute atomic E-state index is 0.217. The van der Waals surface area contributed by atoms with E-state index in [-0.39, 0.29) is 12.5 Å². The first kappa shape index (κ1) is 17.6. The van der Waals surface area contributed by atoms with Crippen molar-refractivity contribution in [3.8, 4) is 0 Å². The van der Waals surface area contributed by atoms with Gasteiger partial charge in [-0.3, -0.25) is 18.9 Å². The third-order valence-electron chi connectivity index (χ3n) is 3.73. The Morgan fingerprint density at radius 2 is 2.09 bits per heavy atom. The first-order valence-corrected chi connectivity index (χ1v) is 8.53. The molecule has 0 aliphatic heterocycles. The van der Waals surface area contributed by atoms with Crippen LogP contribution in [0.15, 0.2) is 15.8 Å². The summed E-state index contributed by atoms with van der Waals surface area (Å²) in [6.45, 7) is 1.55. The Kier molecular flexibility index (Phi) is 4.90. The molecule has 10 nitrogen and oxygen atoms in total. The second-order valence-electron chi connectivity index (χ2n) is 5.48. The number of hydrogen-bond donors (Lipinski definition) is 4. The number of rotatable bonds is 5. The molecular weight excluding hydrogens is 331 g/mol. The minimum Gasteiger partial charge on any atom is -0.479 e. The standard InChI is InChI=1S/C12H17N2O8P/c1-6-5-14(12(18)13-9(6)15)7-2-3-8(4-7)22-11(10(16)17)23(19,20)21/h5,7-8,11H,2-4H2,1H3,(H,16,17)(H,13,15,18)(H2,19,20,21)/t7-,8+,11?/m0/s1. The van der Waals surface area contributed by atoms with E-state index < -0.39 is 36.8 Å². The summed E-state index contributed by atoms with van der Waals surface area (Å²) in [6.07, 6.45) is 1.73. The van der Waals surface area contributed by atoms with Gasteiger partial charge in [0.05, 0.1) is 6.10 Å². The number of hydrogen-bond acceptors (Lipinski definition) is 5. The molecule has 1 aliphatic carbocycles. The van der Waals surface area contributed by atoms with Crippen molar-refractivity contribution < 1.29 is 29.0 Å². The van der Waals surface area contributed by atoms with Crippen LogP contribution in [0, 0.1) is 6.92 Å². The van der Waals surface area contributed by atoms with Crippen molar-refractivity contribution >= 4 is 13.6 Å². The van der Waals surface area contributed by atoms with Gasteiger partial charge in [0, 0.05) is 17.8 Å². The van der Waals surface area contributed by atoms with Crippen LogP contribution in [0.2, 0.25) is 0 Å². The van der Waals surface area contributed by atoms with Crippen LogP contribution in [0.3, 0.4) is 0 Å². The van der Waals surface area contributed by atoms with Gasteiger partial charge in [0.2, 0.25) is 0 Å². The van der Waals surface area contributed by atoms with Crippen LogP contribution in [-0.4, -0.2) is 42.4 Å². The van der Waals surface area contributed by atoms with Crippen LogP contribution >= 0.6 is 7.60 Å². The van der Waals surface area contributed by atoms with Gasteiger partial charge in [-0.1, -0.05) is 0 Å². The number of carboxylic acid groups (broad SMARTS) is 1. The van der Waals surface area contributed by atoms with Crippen LogP contribution in [0.1, 0.15) is 30.9 Å². The van der Waals surface area contributed by atoms with Crippen LogP contribution in [0.5, 0.6) is 0 Å². The maximum atomic E-state index is 11.8. The highest BCUT2D eigenvalue weighted by Crippen LogP contribution is 2.44. The average molecular weight is 348 g/mol. The number of H-pyrrole nitrogens is 1. The van der Waals surface area contributed by atoms with Gasteiger partial charge in [0.1, 0.15) is 0 Å². The summed E-state index contributed by atoms with van der Waals surface area (Å²) in [6, 6.07) is -0.339. The number of aromatic nitrogens is 2. The molecular formula is C12H17N2O8P. The zero-order valence-electron chi connectivity index (χ0n) is 12.2. The van der Waals surface area contributed by atoms with Gasteiger partial charge >= 0.3 is 19.3 Å². The molecule has 0 saturated heterocycles. The van der Waals surface area contributed by atoms with Crippen LogP contribution in [0.4, 0.5) is 0 Å². The van der Waals surface area contributed by atoms with Crippen molar-refractivity contribution in [1.82, 2.24) is 9.55 Å². The third-order valence-corrected chi connectivity index (χ3v) is 4.69. The van der Waals surface area contributed by atoms with Gasteiger partial charge in [-0.2, -0.15) is 0 Å². The molecule has 4 N–H and O–H groups in total. The molecule has 23 heavy (non-hydrogen) atoms. The summed E-state index contributed by atoms with van der Waals surface area (Å²) in [5.74, 6) is -3.96. The molecule has 1 unspecified atom stereocenters. The molecule has 1 heterocycles. The second kappa shape index (κ2) is 6.40. The fraction of sp³-hybridized carbons (Fsp3) is 0.583. The summed E-state index contributed by atoms with van der Waals surface area (Å²) in [5.41, 5.74) is -0.715. The Labute approximate surface area is 129 Å². The maximum Gasteiger partial charge on any atom is 0.365 e. The molecule has 2 rings (SSSR count). The first-order chi connectivity index (χ1) is 10.6. The molecule has 1 aromatic heterocycles. The number of nitrogens with one attached hydrogen (secondary N) is 1. The van der Waals surface area contributed by atoms with E-state index in [0.29, 0.717) is 18.4 Å². The number of nitrogens with zero attached hydrogens (tertiary/aromatic N) is 1. The summed E-state index contributed by atoms with van der Waals surface area (Å²) >= 11 is 0. The zero-order valence-corrected chi connectivity index (χ0v) is 13.1. The molecule has 1 aliphatic rings. The monoisotopic (exact) mass is 348 g/mol. The van der Waals surface area contributed by atoms with Crippen LogP contribution in [-0.2, 0) is 14.1 Å². The normalized spacial score (nSPS) is 22.9. The van der Waals surface area contributed by atoms with E-state index in [0.717, 1.165) is 0 Å². The van der Waals surface area contributed by atoms with Crippen LogP contribution in [0.25, 0.3) is 0 Å².